The summed E-state index contributed by atoms with van der Waals surface area (Å²) in [6.07, 6.45) is 2.14. The van der Waals surface area contributed by atoms with Crippen molar-refractivity contribution in [3.63, 3.8) is 0 Å². The average molecular weight is 318 g/mol. The van der Waals surface area contributed by atoms with Crippen LogP contribution in [0, 0.1) is 6.92 Å². The van der Waals surface area contributed by atoms with Crippen LogP contribution in [0.25, 0.3) is 0 Å². The number of nitrogens with zero attached hydrogens (tertiary/aromatic N) is 1. The molecule has 1 aliphatic rings. The second-order valence-corrected chi connectivity index (χ2v) is 8.47. The summed E-state index contributed by atoms with van der Waals surface area (Å²) in [5.74, 6) is 0. The van der Waals surface area contributed by atoms with Gasteiger partial charge in [0.15, 0.2) is 0 Å². The van der Waals surface area contributed by atoms with Crippen LogP contribution in [0.15, 0.2) is 16.3 Å². The molecule has 0 amide bonds. The van der Waals surface area contributed by atoms with Gasteiger partial charge in [0, 0.05) is 31.1 Å². The van der Waals surface area contributed by atoms with Crippen LogP contribution in [-0.2, 0) is 14.8 Å². The fraction of sp³-hybridized carbons (Fsp3) is 0.692. The van der Waals surface area contributed by atoms with E-state index in [9.17, 15) is 8.42 Å². The first-order chi connectivity index (χ1) is 9.54. The van der Waals surface area contributed by atoms with E-state index in [1.807, 2.05) is 13.0 Å². The molecule has 0 saturated carbocycles. The highest BCUT2D eigenvalue weighted by Crippen LogP contribution is 2.25. The van der Waals surface area contributed by atoms with Gasteiger partial charge in [-0.3, -0.25) is 0 Å². The molecule has 1 aliphatic heterocycles. The van der Waals surface area contributed by atoms with E-state index in [2.05, 4.69) is 5.32 Å². The second-order valence-electron chi connectivity index (χ2n) is 5.01. The van der Waals surface area contributed by atoms with E-state index in [1.165, 1.54) is 11.3 Å². The molecule has 0 spiro atoms. The maximum atomic E-state index is 12.7. The van der Waals surface area contributed by atoms with Gasteiger partial charge in [-0.2, -0.15) is 4.31 Å². The Morgan fingerprint density at radius 1 is 1.50 bits per heavy atom. The van der Waals surface area contributed by atoms with Gasteiger partial charge in [0.1, 0.15) is 4.21 Å². The monoisotopic (exact) mass is 318 g/mol. The van der Waals surface area contributed by atoms with E-state index < -0.39 is 10.0 Å². The van der Waals surface area contributed by atoms with E-state index in [0.717, 1.165) is 24.3 Å². The smallest absolute Gasteiger partial charge is 0.252 e. The number of hydrogen-bond donors (Lipinski definition) is 1. The van der Waals surface area contributed by atoms with Gasteiger partial charge in [0.05, 0.1) is 6.61 Å². The molecular weight excluding hydrogens is 296 g/mol. The zero-order chi connectivity index (χ0) is 14.6. The number of nitrogens with one attached hydrogen (secondary N) is 1. The normalized spacial score (nSPS) is 19.9. The Bertz CT molecular complexity index is 521. The molecule has 1 saturated heterocycles. The Morgan fingerprint density at radius 3 is 2.85 bits per heavy atom. The van der Waals surface area contributed by atoms with Gasteiger partial charge in [-0.25, -0.2) is 8.42 Å². The molecule has 0 bridgehead atoms. The van der Waals surface area contributed by atoms with Crippen LogP contribution < -0.4 is 5.32 Å². The zero-order valence-electron chi connectivity index (χ0n) is 12.0. The van der Waals surface area contributed by atoms with Crippen LogP contribution in [0.2, 0.25) is 0 Å². The third-order valence-corrected chi connectivity index (χ3v) is 6.77. The van der Waals surface area contributed by atoms with Crippen molar-refractivity contribution in [2.75, 3.05) is 33.4 Å². The highest BCUT2D eigenvalue weighted by Gasteiger charge is 2.29. The molecule has 7 heteroatoms. The molecule has 1 fully saturated rings. The van der Waals surface area contributed by atoms with Crippen molar-refractivity contribution in [1.82, 2.24) is 9.62 Å². The Labute approximate surface area is 125 Å². The van der Waals surface area contributed by atoms with Crippen molar-refractivity contribution >= 4 is 21.4 Å². The lowest BCUT2D eigenvalue weighted by Gasteiger charge is -2.24. The number of rotatable bonds is 7. The number of methoxy groups -OCH3 is 1. The summed E-state index contributed by atoms with van der Waals surface area (Å²) in [6, 6.07) is 3.79. The van der Waals surface area contributed by atoms with Gasteiger partial charge in [0.2, 0.25) is 0 Å². The third kappa shape index (κ3) is 3.79. The zero-order valence-corrected chi connectivity index (χ0v) is 13.6. The third-order valence-electron chi connectivity index (χ3n) is 3.44. The lowest BCUT2D eigenvalue weighted by molar-refractivity contribution is 0.176. The Balaban J connectivity index is 2.15. The van der Waals surface area contributed by atoms with Gasteiger partial charge in [0.25, 0.3) is 10.0 Å². The average Bonchev–Trinajstić information content (AvgIpc) is 3.05. The largest absolute Gasteiger partial charge is 0.383 e. The molecule has 0 aromatic carbocycles. The quantitative estimate of drug-likeness (QED) is 0.826. The summed E-state index contributed by atoms with van der Waals surface area (Å²) in [6.45, 7) is 4.22. The molecule has 2 heterocycles. The molecular formula is C13H22N2O3S2. The molecule has 1 aromatic rings. The summed E-state index contributed by atoms with van der Waals surface area (Å²) in [7, 11) is -1.82. The molecule has 1 atom stereocenters. The summed E-state index contributed by atoms with van der Waals surface area (Å²) >= 11 is 1.32. The summed E-state index contributed by atoms with van der Waals surface area (Å²) < 4.78 is 32.4. The molecule has 2 rings (SSSR count). The number of hydrogen-bond acceptors (Lipinski definition) is 5. The molecule has 1 aromatic heterocycles. The first-order valence-corrected chi connectivity index (χ1v) is 9.08. The molecule has 1 unspecified atom stereocenters. The highest BCUT2D eigenvalue weighted by molar-refractivity contribution is 7.91. The Morgan fingerprint density at radius 2 is 2.30 bits per heavy atom. The molecule has 5 nitrogen and oxygen atoms in total. The van der Waals surface area contributed by atoms with Gasteiger partial charge in [-0.1, -0.05) is 0 Å². The molecule has 1 N–H and O–H groups in total. The number of sulfonamides is 1. The highest BCUT2D eigenvalue weighted by atomic mass is 32.2. The van der Waals surface area contributed by atoms with Crippen molar-refractivity contribution in [2.24, 2.45) is 0 Å². The molecule has 20 heavy (non-hydrogen) atoms. The lowest BCUT2D eigenvalue weighted by atomic mass is 10.2. The van der Waals surface area contributed by atoms with Gasteiger partial charge in [-0.05, 0) is 38.4 Å². The Hall–Kier alpha value is -0.470. The van der Waals surface area contributed by atoms with Gasteiger partial charge >= 0.3 is 0 Å². The van der Waals surface area contributed by atoms with E-state index in [1.54, 1.807) is 17.5 Å². The first kappa shape index (κ1) is 15.9. The van der Waals surface area contributed by atoms with Crippen LogP contribution in [-0.4, -0.2) is 52.1 Å². The van der Waals surface area contributed by atoms with Crippen molar-refractivity contribution in [3.8, 4) is 0 Å². The maximum Gasteiger partial charge on any atom is 0.252 e. The van der Waals surface area contributed by atoms with E-state index in [0.29, 0.717) is 23.9 Å². The predicted octanol–water partition coefficient (Wildman–Crippen LogP) is 1.45. The minimum Gasteiger partial charge on any atom is -0.383 e. The van der Waals surface area contributed by atoms with E-state index in [-0.39, 0.29) is 6.04 Å². The number of ether oxygens (including phenoxy) is 1. The Kier molecular flexibility index (Phi) is 5.57. The molecule has 0 radical (unpaired) electrons. The summed E-state index contributed by atoms with van der Waals surface area (Å²) in [5, 5.41) is 3.35. The lowest BCUT2D eigenvalue weighted by Crippen LogP contribution is -2.42. The van der Waals surface area contributed by atoms with E-state index >= 15 is 0 Å². The van der Waals surface area contributed by atoms with Crippen LogP contribution in [0.1, 0.15) is 17.7 Å². The van der Waals surface area contributed by atoms with Crippen LogP contribution in [0.3, 0.4) is 0 Å². The van der Waals surface area contributed by atoms with Crippen molar-refractivity contribution in [2.45, 2.75) is 30.0 Å². The van der Waals surface area contributed by atoms with Crippen LogP contribution >= 0.6 is 11.3 Å². The van der Waals surface area contributed by atoms with Crippen molar-refractivity contribution < 1.29 is 13.2 Å². The summed E-state index contributed by atoms with van der Waals surface area (Å²) in [4.78, 5) is 1.01. The van der Waals surface area contributed by atoms with E-state index in [4.69, 9.17) is 4.74 Å². The van der Waals surface area contributed by atoms with Crippen molar-refractivity contribution in [1.29, 1.82) is 0 Å². The second kappa shape index (κ2) is 7.00. The minimum atomic E-state index is -3.41. The minimum absolute atomic E-state index is 0.252. The number of aryl methyl sites for hydroxylation is 1. The standard InChI is InChI=1S/C13H22N2O3S2/c1-11-5-6-13(19-11)20(16,17)15(8-9-18-2)10-12-4-3-7-14-12/h5-6,12,14H,3-4,7-10H2,1-2H3. The maximum absolute atomic E-state index is 12.7. The first-order valence-electron chi connectivity index (χ1n) is 6.83. The van der Waals surface area contributed by atoms with Crippen LogP contribution in [0.4, 0.5) is 0 Å². The molecule has 0 aliphatic carbocycles. The molecule has 114 valence electrons. The summed E-state index contributed by atoms with van der Waals surface area (Å²) in [5.41, 5.74) is 0. The van der Waals surface area contributed by atoms with Crippen LogP contribution in [0.5, 0.6) is 0 Å². The fourth-order valence-electron chi connectivity index (χ4n) is 2.34. The predicted molar refractivity (Wildman–Crippen MR) is 80.7 cm³/mol. The topological polar surface area (TPSA) is 58.6 Å². The fourth-order valence-corrected chi connectivity index (χ4v) is 5.25. The van der Waals surface area contributed by atoms with Gasteiger partial charge in [-0.15, -0.1) is 11.3 Å². The SMILES string of the molecule is COCCN(CC1CCCN1)S(=O)(=O)c1ccc(C)s1. The number of thiophene rings is 1. The van der Waals surface area contributed by atoms with Gasteiger partial charge < -0.3 is 10.1 Å². The van der Waals surface area contributed by atoms with Crippen molar-refractivity contribution in [3.05, 3.63) is 17.0 Å².